The molecule has 0 amide bonds. The molecule has 0 aliphatic rings. The maximum atomic E-state index is 5.97. The first-order chi connectivity index (χ1) is 10.9. The Morgan fingerprint density at radius 3 is 2.33 bits per heavy atom. The minimum atomic E-state index is 0. The molecule has 0 unspecified atom stereocenters. The third kappa shape index (κ3) is 6.39. The van der Waals surface area contributed by atoms with Crippen molar-refractivity contribution in [2.24, 2.45) is 10.7 Å². The van der Waals surface area contributed by atoms with E-state index in [9.17, 15) is 0 Å². The van der Waals surface area contributed by atoms with Crippen molar-refractivity contribution in [2.45, 2.75) is 40.3 Å². The number of nitrogens with one attached hydrogen (secondary N) is 1. The van der Waals surface area contributed by atoms with Crippen LogP contribution >= 0.6 is 24.0 Å². The van der Waals surface area contributed by atoms with Gasteiger partial charge >= 0.3 is 0 Å². The molecule has 0 atom stereocenters. The van der Waals surface area contributed by atoms with Crippen LogP contribution in [0.15, 0.2) is 47.5 Å². The van der Waals surface area contributed by atoms with Gasteiger partial charge < -0.3 is 15.8 Å². The van der Waals surface area contributed by atoms with E-state index in [-0.39, 0.29) is 30.1 Å². The van der Waals surface area contributed by atoms with Crippen molar-refractivity contribution in [3.8, 4) is 5.75 Å². The Bertz CT molecular complexity index is 682. The summed E-state index contributed by atoms with van der Waals surface area (Å²) >= 11 is 0. The average molecular weight is 439 g/mol. The number of nitrogens with two attached hydrogens (primary N) is 1. The molecule has 0 spiro atoms. The second kappa shape index (κ2) is 9.52. The molecule has 0 aromatic heterocycles. The molecular formula is C19H26IN3O. The summed E-state index contributed by atoms with van der Waals surface area (Å²) in [6, 6.07) is 14.2. The molecule has 24 heavy (non-hydrogen) atoms. The van der Waals surface area contributed by atoms with Crippen LogP contribution in [-0.2, 0) is 6.54 Å². The Labute approximate surface area is 161 Å². The van der Waals surface area contributed by atoms with Crippen LogP contribution < -0.4 is 15.8 Å². The Balaban J connectivity index is 0.00000288. The molecule has 0 saturated carbocycles. The third-order valence-electron chi connectivity index (χ3n) is 3.33. The zero-order valence-electron chi connectivity index (χ0n) is 14.7. The maximum absolute atomic E-state index is 5.97. The first kappa shape index (κ1) is 20.3. The molecule has 0 heterocycles. The van der Waals surface area contributed by atoms with Crippen molar-refractivity contribution in [2.75, 3.05) is 5.32 Å². The third-order valence-corrected chi connectivity index (χ3v) is 3.33. The number of ether oxygens (including phenoxy) is 1. The number of halogens is 1. The van der Waals surface area contributed by atoms with Crippen LogP contribution in [0.1, 0.15) is 30.5 Å². The van der Waals surface area contributed by atoms with Gasteiger partial charge in [-0.25, -0.2) is 4.99 Å². The van der Waals surface area contributed by atoms with Crippen molar-refractivity contribution in [3.05, 3.63) is 59.2 Å². The van der Waals surface area contributed by atoms with E-state index in [4.69, 9.17) is 10.5 Å². The molecule has 130 valence electrons. The molecule has 4 nitrogen and oxygen atoms in total. The summed E-state index contributed by atoms with van der Waals surface area (Å²) in [7, 11) is 0. The van der Waals surface area contributed by atoms with Crippen LogP contribution in [0, 0.1) is 13.8 Å². The Hall–Kier alpha value is -1.76. The number of anilines is 1. The van der Waals surface area contributed by atoms with Gasteiger partial charge in [-0.2, -0.15) is 0 Å². The molecule has 5 heteroatoms. The largest absolute Gasteiger partial charge is 0.491 e. The molecule has 3 N–H and O–H groups in total. The SMILES string of the molecule is Cc1ccc(NC(N)=NCc2ccc(C)cc2OC(C)C)cc1.I. The zero-order valence-corrected chi connectivity index (χ0v) is 17.0. The maximum Gasteiger partial charge on any atom is 0.193 e. The fraction of sp³-hybridized carbons (Fsp3) is 0.316. The summed E-state index contributed by atoms with van der Waals surface area (Å²) in [5.74, 6) is 1.26. The van der Waals surface area contributed by atoms with Crippen LogP contribution in [0.4, 0.5) is 5.69 Å². The second-order valence-electron chi connectivity index (χ2n) is 5.97. The van der Waals surface area contributed by atoms with Crippen LogP contribution in [0.5, 0.6) is 5.75 Å². The van der Waals surface area contributed by atoms with Crippen molar-refractivity contribution in [1.82, 2.24) is 0 Å². The molecule has 0 aliphatic carbocycles. The highest BCUT2D eigenvalue weighted by molar-refractivity contribution is 14.0. The molecular weight excluding hydrogens is 413 g/mol. The van der Waals surface area contributed by atoms with E-state index in [1.165, 1.54) is 11.1 Å². The number of nitrogens with zero attached hydrogens (tertiary/aromatic N) is 1. The van der Waals surface area contributed by atoms with E-state index < -0.39 is 0 Å². The van der Waals surface area contributed by atoms with E-state index in [1.54, 1.807) is 0 Å². The van der Waals surface area contributed by atoms with E-state index in [0.717, 1.165) is 17.0 Å². The van der Waals surface area contributed by atoms with E-state index in [1.807, 2.05) is 57.2 Å². The number of aliphatic imine (C=N–C) groups is 1. The number of benzene rings is 2. The van der Waals surface area contributed by atoms with Crippen molar-refractivity contribution in [1.29, 1.82) is 0 Å². The molecule has 0 aliphatic heterocycles. The predicted octanol–water partition coefficient (Wildman–Crippen LogP) is 4.64. The second-order valence-corrected chi connectivity index (χ2v) is 5.97. The molecule has 0 bridgehead atoms. The van der Waals surface area contributed by atoms with Crippen molar-refractivity contribution >= 4 is 35.6 Å². The summed E-state index contributed by atoms with van der Waals surface area (Å²) in [6.07, 6.45) is 0.127. The highest BCUT2D eigenvalue weighted by Crippen LogP contribution is 2.22. The summed E-state index contributed by atoms with van der Waals surface area (Å²) in [5.41, 5.74) is 10.3. The monoisotopic (exact) mass is 439 g/mol. The van der Waals surface area contributed by atoms with Gasteiger partial charge in [0.25, 0.3) is 0 Å². The summed E-state index contributed by atoms with van der Waals surface area (Å²) < 4.78 is 5.86. The smallest absolute Gasteiger partial charge is 0.193 e. The fourth-order valence-corrected chi connectivity index (χ4v) is 2.15. The lowest BCUT2D eigenvalue weighted by Crippen LogP contribution is -2.22. The lowest BCUT2D eigenvalue weighted by molar-refractivity contribution is 0.240. The van der Waals surface area contributed by atoms with Crippen molar-refractivity contribution in [3.63, 3.8) is 0 Å². The summed E-state index contributed by atoms with van der Waals surface area (Å²) in [5, 5.41) is 3.10. The molecule has 2 aromatic rings. The van der Waals surface area contributed by atoms with Gasteiger partial charge in [-0.3, -0.25) is 0 Å². The quantitative estimate of drug-likeness (QED) is 0.406. The molecule has 2 rings (SSSR count). The van der Waals surface area contributed by atoms with E-state index >= 15 is 0 Å². The lowest BCUT2D eigenvalue weighted by Gasteiger charge is -2.14. The summed E-state index contributed by atoms with van der Waals surface area (Å²) in [4.78, 5) is 4.41. The number of hydrogen-bond donors (Lipinski definition) is 2. The number of rotatable bonds is 5. The van der Waals surface area contributed by atoms with E-state index in [2.05, 4.69) is 23.3 Å². The lowest BCUT2D eigenvalue weighted by atomic mass is 10.1. The number of hydrogen-bond acceptors (Lipinski definition) is 2. The van der Waals surface area contributed by atoms with Crippen LogP contribution in [-0.4, -0.2) is 12.1 Å². The number of guanidine groups is 1. The first-order valence-electron chi connectivity index (χ1n) is 7.84. The minimum absolute atomic E-state index is 0. The molecule has 2 aromatic carbocycles. The van der Waals surface area contributed by atoms with Gasteiger partial charge in [0.2, 0.25) is 0 Å². The molecule has 0 saturated heterocycles. The number of aryl methyl sites for hydroxylation is 2. The topological polar surface area (TPSA) is 59.6 Å². The van der Waals surface area contributed by atoms with E-state index in [0.29, 0.717) is 12.5 Å². The van der Waals surface area contributed by atoms with Gasteiger partial charge in [-0.15, -0.1) is 24.0 Å². The van der Waals surface area contributed by atoms with Crippen LogP contribution in [0.3, 0.4) is 0 Å². The Morgan fingerprint density at radius 1 is 1.08 bits per heavy atom. The van der Waals surface area contributed by atoms with Crippen molar-refractivity contribution < 1.29 is 4.74 Å². The van der Waals surface area contributed by atoms with Gasteiger partial charge in [-0.05, 0) is 51.5 Å². The summed E-state index contributed by atoms with van der Waals surface area (Å²) in [6.45, 7) is 8.61. The van der Waals surface area contributed by atoms with Gasteiger partial charge in [0.05, 0.1) is 12.6 Å². The highest BCUT2D eigenvalue weighted by atomic mass is 127. The normalized spacial score (nSPS) is 11.1. The first-order valence-corrected chi connectivity index (χ1v) is 7.84. The highest BCUT2D eigenvalue weighted by Gasteiger charge is 2.06. The molecule has 0 radical (unpaired) electrons. The van der Waals surface area contributed by atoms with Gasteiger partial charge in [0, 0.05) is 11.3 Å². The zero-order chi connectivity index (χ0) is 16.8. The van der Waals surface area contributed by atoms with Crippen LogP contribution in [0.2, 0.25) is 0 Å². The van der Waals surface area contributed by atoms with Crippen LogP contribution in [0.25, 0.3) is 0 Å². The minimum Gasteiger partial charge on any atom is -0.491 e. The standard InChI is InChI=1S/C19H25N3O.HI/c1-13(2)23-18-11-15(4)5-8-16(18)12-21-19(20)22-17-9-6-14(3)7-10-17;/h5-11,13H,12H2,1-4H3,(H3,20,21,22);1H. The van der Waals surface area contributed by atoms with Gasteiger partial charge in [0.1, 0.15) is 5.75 Å². The fourth-order valence-electron chi connectivity index (χ4n) is 2.15. The van der Waals surface area contributed by atoms with Gasteiger partial charge in [0.15, 0.2) is 5.96 Å². The predicted molar refractivity (Wildman–Crippen MR) is 112 cm³/mol. The van der Waals surface area contributed by atoms with Gasteiger partial charge in [-0.1, -0.05) is 29.8 Å². The molecule has 0 fully saturated rings. The average Bonchev–Trinajstić information content (AvgIpc) is 2.48. The Morgan fingerprint density at radius 2 is 1.71 bits per heavy atom. The Kier molecular flexibility index (Phi) is 8.04.